The Kier molecular flexibility index (Phi) is 5.08. The quantitative estimate of drug-likeness (QED) is 0.375. The van der Waals surface area contributed by atoms with Crippen LogP contribution in [0.4, 0.5) is 0 Å². The van der Waals surface area contributed by atoms with Gasteiger partial charge in [-0.15, -0.1) is 0 Å². The molecule has 0 N–H and O–H groups in total. The van der Waals surface area contributed by atoms with Crippen molar-refractivity contribution < 1.29 is 14.1 Å². The second kappa shape index (κ2) is 8.20. The lowest BCUT2D eigenvalue weighted by Crippen LogP contribution is -2.22. The van der Waals surface area contributed by atoms with Gasteiger partial charge in [-0.1, -0.05) is 17.3 Å². The summed E-state index contributed by atoms with van der Waals surface area (Å²) >= 11 is 1.52. The predicted octanol–water partition coefficient (Wildman–Crippen LogP) is 4.16. The zero-order valence-electron chi connectivity index (χ0n) is 16.9. The van der Waals surface area contributed by atoms with Crippen molar-refractivity contribution in [2.45, 2.75) is 13.5 Å². The monoisotopic (exact) mass is 444 g/mol. The molecule has 8 nitrogen and oxygen atoms in total. The van der Waals surface area contributed by atoms with E-state index in [0.29, 0.717) is 33.9 Å². The summed E-state index contributed by atoms with van der Waals surface area (Å²) in [5, 5.41) is 8.16. The normalized spacial score (nSPS) is 11.0. The Hall–Kier alpha value is -4.11. The van der Waals surface area contributed by atoms with Crippen molar-refractivity contribution in [1.82, 2.24) is 19.7 Å². The van der Waals surface area contributed by atoms with Gasteiger partial charge in [0.1, 0.15) is 5.82 Å². The van der Waals surface area contributed by atoms with Gasteiger partial charge in [0.05, 0.1) is 27.7 Å². The van der Waals surface area contributed by atoms with Crippen molar-refractivity contribution in [3.63, 3.8) is 0 Å². The molecule has 0 fully saturated rings. The Morgan fingerprint density at radius 1 is 1.09 bits per heavy atom. The Morgan fingerprint density at radius 3 is 2.69 bits per heavy atom. The number of ether oxygens (including phenoxy) is 1. The predicted molar refractivity (Wildman–Crippen MR) is 119 cm³/mol. The number of aryl methyl sites for hydroxylation is 1. The standard InChI is InChI=1S/C23H16N4O4S/c1-14-24-19-5-3-2-4-18(19)22(28)27(14)17-8-6-15(7-9-17)23(29)30-12-20-25-21(31-26-20)16-10-11-32-13-16/h2-11,13H,12H2,1H3. The van der Waals surface area contributed by atoms with Gasteiger partial charge in [-0.25, -0.2) is 9.78 Å². The molecule has 0 saturated carbocycles. The molecule has 9 heteroatoms. The lowest BCUT2D eigenvalue weighted by Gasteiger charge is -2.11. The molecule has 0 saturated heterocycles. The van der Waals surface area contributed by atoms with Gasteiger partial charge in [0.15, 0.2) is 6.61 Å². The summed E-state index contributed by atoms with van der Waals surface area (Å²) in [7, 11) is 0. The van der Waals surface area contributed by atoms with Crippen molar-refractivity contribution >= 4 is 28.2 Å². The fourth-order valence-electron chi connectivity index (χ4n) is 3.32. The van der Waals surface area contributed by atoms with Crippen LogP contribution in [0.5, 0.6) is 0 Å². The zero-order chi connectivity index (χ0) is 22.1. The van der Waals surface area contributed by atoms with Crippen molar-refractivity contribution in [2.75, 3.05) is 0 Å². The van der Waals surface area contributed by atoms with Gasteiger partial charge in [0.25, 0.3) is 11.4 Å². The van der Waals surface area contributed by atoms with Gasteiger partial charge in [0.2, 0.25) is 5.82 Å². The molecule has 32 heavy (non-hydrogen) atoms. The number of hydrogen-bond acceptors (Lipinski definition) is 8. The molecule has 0 radical (unpaired) electrons. The number of carbonyl (C=O) groups excluding carboxylic acids is 1. The third-order valence-corrected chi connectivity index (χ3v) is 5.56. The Balaban J connectivity index is 1.32. The Labute approximate surface area is 185 Å². The molecule has 0 atom stereocenters. The second-order valence-electron chi connectivity index (χ2n) is 6.97. The number of para-hydroxylation sites is 1. The lowest BCUT2D eigenvalue weighted by atomic mass is 10.2. The third-order valence-electron chi connectivity index (χ3n) is 4.87. The van der Waals surface area contributed by atoms with E-state index in [2.05, 4.69) is 15.1 Å². The lowest BCUT2D eigenvalue weighted by molar-refractivity contribution is 0.0459. The first kappa shape index (κ1) is 19.8. The summed E-state index contributed by atoms with van der Waals surface area (Å²) in [6.07, 6.45) is 0. The highest BCUT2D eigenvalue weighted by Gasteiger charge is 2.14. The highest BCUT2D eigenvalue weighted by atomic mass is 32.1. The molecule has 0 spiro atoms. The van der Waals surface area contributed by atoms with E-state index in [-0.39, 0.29) is 18.0 Å². The van der Waals surface area contributed by atoms with Gasteiger partial charge in [-0.3, -0.25) is 9.36 Å². The van der Waals surface area contributed by atoms with Gasteiger partial charge in [0, 0.05) is 5.38 Å². The van der Waals surface area contributed by atoms with Crippen LogP contribution in [0.3, 0.4) is 0 Å². The maximum absolute atomic E-state index is 12.9. The average molecular weight is 444 g/mol. The van der Waals surface area contributed by atoms with Crippen LogP contribution >= 0.6 is 11.3 Å². The van der Waals surface area contributed by atoms with E-state index in [1.54, 1.807) is 49.4 Å². The van der Waals surface area contributed by atoms with E-state index in [1.165, 1.54) is 15.9 Å². The Bertz CT molecular complexity index is 1470. The van der Waals surface area contributed by atoms with E-state index in [4.69, 9.17) is 9.26 Å². The summed E-state index contributed by atoms with van der Waals surface area (Å²) in [4.78, 5) is 34.1. The van der Waals surface area contributed by atoms with Gasteiger partial charge in [-0.2, -0.15) is 16.3 Å². The minimum Gasteiger partial charge on any atom is -0.454 e. The molecule has 0 amide bonds. The topological polar surface area (TPSA) is 100 Å². The summed E-state index contributed by atoms with van der Waals surface area (Å²) in [5.74, 6) is 0.689. The molecular formula is C23H16N4O4S. The first-order valence-corrected chi connectivity index (χ1v) is 10.7. The van der Waals surface area contributed by atoms with E-state index in [1.807, 2.05) is 22.9 Å². The molecule has 0 aliphatic carbocycles. The van der Waals surface area contributed by atoms with Crippen LogP contribution in [-0.2, 0) is 11.3 Å². The smallest absolute Gasteiger partial charge is 0.338 e. The molecular weight excluding hydrogens is 428 g/mol. The molecule has 158 valence electrons. The van der Waals surface area contributed by atoms with Crippen LogP contribution in [0.25, 0.3) is 28.0 Å². The van der Waals surface area contributed by atoms with Crippen molar-refractivity contribution in [3.05, 3.63) is 92.9 Å². The van der Waals surface area contributed by atoms with Crippen LogP contribution in [0.2, 0.25) is 0 Å². The first-order valence-electron chi connectivity index (χ1n) is 9.71. The molecule has 5 aromatic rings. The van der Waals surface area contributed by atoms with Crippen molar-refractivity contribution in [3.8, 4) is 17.1 Å². The summed E-state index contributed by atoms with van der Waals surface area (Å²) in [6, 6.07) is 15.6. The third kappa shape index (κ3) is 3.69. The van der Waals surface area contributed by atoms with Gasteiger partial charge >= 0.3 is 5.97 Å². The molecule has 3 aromatic heterocycles. The largest absolute Gasteiger partial charge is 0.454 e. The maximum atomic E-state index is 12.9. The molecule has 3 heterocycles. The molecule has 2 aromatic carbocycles. The van der Waals surface area contributed by atoms with E-state index in [0.717, 1.165) is 5.56 Å². The van der Waals surface area contributed by atoms with Crippen LogP contribution in [0, 0.1) is 6.92 Å². The van der Waals surface area contributed by atoms with E-state index >= 15 is 0 Å². The number of thiophene rings is 1. The number of aromatic nitrogens is 4. The average Bonchev–Trinajstić information content (AvgIpc) is 3.50. The second-order valence-corrected chi connectivity index (χ2v) is 7.75. The minimum absolute atomic E-state index is 0.110. The highest BCUT2D eigenvalue weighted by molar-refractivity contribution is 7.08. The molecule has 0 aliphatic rings. The summed E-state index contributed by atoms with van der Waals surface area (Å²) in [5.41, 5.74) is 2.26. The van der Waals surface area contributed by atoms with Crippen LogP contribution < -0.4 is 5.56 Å². The number of fused-ring (bicyclic) bond motifs is 1. The van der Waals surface area contributed by atoms with Gasteiger partial charge < -0.3 is 9.26 Å². The molecule has 0 unspecified atom stereocenters. The molecule has 0 aliphatic heterocycles. The maximum Gasteiger partial charge on any atom is 0.338 e. The van der Waals surface area contributed by atoms with Crippen LogP contribution in [0.1, 0.15) is 22.0 Å². The van der Waals surface area contributed by atoms with Gasteiger partial charge in [-0.05, 0) is 54.8 Å². The Morgan fingerprint density at radius 2 is 1.91 bits per heavy atom. The summed E-state index contributed by atoms with van der Waals surface area (Å²) in [6.45, 7) is 1.66. The number of carbonyl (C=O) groups is 1. The first-order chi connectivity index (χ1) is 15.6. The number of esters is 1. The van der Waals surface area contributed by atoms with E-state index < -0.39 is 5.97 Å². The fourth-order valence-corrected chi connectivity index (χ4v) is 3.95. The molecule has 0 bridgehead atoms. The number of hydrogen-bond donors (Lipinski definition) is 0. The highest BCUT2D eigenvalue weighted by Crippen LogP contribution is 2.20. The molecule has 5 rings (SSSR count). The number of nitrogens with zero attached hydrogens (tertiary/aromatic N) is 4. The van der Waals surface area contributed by atoms with Crippen LogP contribution in [-0.4, -0.2) is 25.7 Å². The number of rotatable bonds is 5. The van der Waals surface area contributed by atoms with E-state index in [9.17, 15) is 9.59 Å². The summed E-state index contributed by atoms with van der Waals surface area (Å²) < 4.78 is 12.0. The SMILES string of the molecule is Cc1nc2ccccc2c(=O)n1-c1ccc(C(=O)OCc2noc(-c3ccsc3)n2)cc1. The van der Waals surface area contributed by atoms with Crippen LogP contribution in [0.15, 0.2) is 74.7 Å². The van der Waals surface area contributed by atoms with Crippen molar-refractivity contribution in [2.24, 2.45) is 0 Å². The zero-order valence-corrected chi connectivity index (χ0v) is 17.7. The van der Waals surface area contributed by atoms with Crippen molar-refractivity contribution in [1.29, 1.82) is 0 Å². The minimum atomic E-state index is -0.529. The fraction of sp³-hybridized carbons (Fsp3) is 0.0870. The number of benzene rings is 2.